The number of hydrogen-bond donors (Lipinski definition) is 2. The lowest BCUT2D eigenvalue weighted by Crippen LogP contribution is -2.54. The fraction of sp³-hybridized carbons (Fsp3) is 0.643. The number of esters is 1. The van der Waals surface area contributed by atoms with Crippen LogP contribution in [-0.4, -0.2) is 40.4 Å². The van der Waals surface area contributed by atoms with Crippen LogP contribution in [0.3, 0.4) is 0 Å². The molecule has 0 radical (unpaired) electrons. The number of hydrogen-bond acceptors (Lipinski definition) is 6. The molecule has 1 aromatic rings. The Morgan fingerprint density at radius 1 is 1.67 bits per heavy atom. The van der Waals surface area contributed by atoms with Gasteiger partial charge >= 0.3 is 5.97 Å². The molecule has 0 saturated heterocycles. The van der Waals surface area contributed by atoms with Gasteiger partial charge in [0.25, 0.3) is 5.56 Å². The van der Waals surface area contributed by atoms with Crippen molar-refractivity contribution in [1.82, 2.24) is 15.3 Å². The molecule has 1 aliphatic carbocycles. The van der Waals surface area contributed by atoms with Crippen LogP contribution >= 0.6 is 11.8 Å². The number of likely N-dealkylation sites (N-methyl/N-ethyl adjacent to an activating group) is 1. The maximum Gasteiger partial charge on any atom is 0.326 e. The van der Waals surface area contributed by atoms with Crippen LogP contribution < -0.4 is 10.9 Å². The molecule has 6 nitrogen and oxygen atoms in total. The molecule has 1 fully saturated rings. The van der Waals surface area contributed by atoms with Gasteiger partial charge in [0.15, 0.2) is 5.16 Å². The number of rotatable bonds is 5. The Labute approximate surface area is 128 Å². The van der Waals surface area contributed by atoms with Gasteiger partial charge < -0.3 is 15.0 Å². The minimum atomic E-state index is -0.624. The molecule has 1 saturated carbocycles. The molecule has 2 N–H and O–H groups in total. The second kappa shape index (κ2) is 7.09. The van der Waals surface area contributed by atoms with E-state index in [4.69, 9.17) is 4.74 Å². The molecule has 7 heteroatoms. The fourth-order valence-corrected chi connectivity index (χ4v) is 3.93. The summed E-state index contributed by atoms with van der Waals surface area (Å²) in [6, 6.07) is 1.39. The number of aromatic amines is 1. The largest absolute Gasteiger partial charge is 0.465 e. The molecule has 0 amide bonds. The van der Waals surface area contributed by atoms with E-state index in [0.717, 1.165) is 19.3 Å². The smallest absolute Gasteiger partial charge is 0.326 e. The van der Waals surface area contributed by atoms with E-state index in [-0.39, 0.29) is 16.8 Å². The Balaban J connectivity index is 2.08. The molecule has 0 bridgehead atoms. The highest BCUT2D eigenvalue weighted by Crippen LogP contribution is 2.37. The maximum atomic E-state index is 12.2. The summed E-state index contributed by atoms with van der Waals surface area (Å²) in [6.07, 6.45) is 4.88. The average molecular weight is 311 g/mol. The van der Waals surface area contributed by atoms with Gasteiger partial charge in [0, 0.05) is 17.5 Å². The molecule has 0 spiro atoms. The highest BCUT2D eigenvalue weighted by atomic mass is 32.2. The van der Waals surface area contributed by atoms with Crippen molar-refractivity contribution < 1.29 is 9.53 Å². The molecule has 2 rings (SSSR count). The highest BCUT2D eigenvalue weighted by molar-refractivity contribution is 7.99. The summed E-state index contributed by atoms with van der Waals surface area (Å²) in [5.41, 5.74) is -0.783. The molecule has 2 unspecified atom stereocenters. The zero-order chi connectivity index (χ0) is 15.3. The van der Waals surface area contributed by atoms with Gasteiger partial charge in [0.2, 0.25) is 0 Å². The first-order chi connectivity index (χ1) is 10.1. The third kappa shape index (κ3) is 3.85. The van der Waals surface area contributed by atoms with Crippen molar-refractivity contribution >= 4 is 17.7 Å². The first kappa shape index (κ1) is 16.0. The molecular formula is C14H21N3O3S. The van der Waals surface area contributed by atoms with Gasteiger partial charge in [0.05, 0.1) is 6.61 Å². The van der Waals surface area contributed by atoms with Crippen LogP contribution in [0.5, 0.6) is 0 Å². The van der Waals surface area contributed by atoms with Crippen LogP contribution in [-0.2, 0) is 9.53 Å². The minimum absolute atomic E-state index is 0.159. The zero-order valence-corrected chi connectivity index (χ0v) is 13.2. The van der Waals surface area contributed by atoms with Gasteiger partial charge in [-0.15, -0.1) is 0 Å². The van der Waals surface area contributed by atoms with E-state index in [0.29, 0.717) is 18.2 Å². The van der Waals surface area contributed by atoms with E-state index in [1.807, 2.05) is 6.92 Å². The fourth-order valence-electron chi connectivity index (χ4n) is 2.68. The summed E-state index contributed by atoms with van der Waals surface area (Å²) in [5.74, 6) is -0.188. The quantitative estimate of drug-likeness (QED) is 0.630. The average Bonchev–Trinajstić information content (AvgIpc) is 2.47. The molecule has 0 aromatic carbocycles. The van der Waals surface area contributed by atoms with E-state index in [2.05, 4.69) is 15.3 Å². The van der Waals surface area contributed by atoms with E-state index in [1.165, 1.54) is 24.0 Å². The Bertz CT molecular complexity index is 548. The van der Waals surface area contributed by atoms with Crippen molar-refractivity contribution in [3.8, 4) is 0 Å². The van der Waals surface area contributed by atoms with Gasteiger partial charge in [-0.05, 0) is 39.7 Å². The maximum absolute atomic E-state index is 12.2. The van der Waals surface area contributed by atoms with Crippen molar-refractivity contribution in [1.29, 1.82) is 0 Å². The van der Waals surface area contributed by atoms with Crippen LogP contribution in [0.4, 0.5) is 0 Å². The summed E-state index contributed by atoms with van der Waals surface area (Å²) >= 11 is 1.52. The molecule has 1 aliphatic rings. The number of nitrogens with zero attached hydrogens (tertiary/aromatic N) is 1. The number of aromatic nitrogens is 2. The highest BCUT2D eigenvalue weighted by Gasteiger charge is 2.43. The van der Waals surface area contributed by atoms with E-state index in [1.54, 1.807) is 7.05 Å². The summed E-state index contributed by atoms with van der Waals surface area (Å²) in [6.45, 7) is 2.20. The van der Waals surface area contributed by atoms with Crippen molar-refractivity contribution in [3.63, 3.8) is 0 Å². The van der Waals surface area contributed by atoms with Crippen molar-refractivity contribution in [2.75, 3.05) is 13.7 Å². The number of nitrogens with one attached hydrogen (secondary N) is 2. The Morgan fingerprint density at radius 2 is 2.48 bits per heavy atom. The predicted octanol–water partition coefficient (Wildman–Crippen LogP) is 1.33. The van der Waals surface area contributed by atoms with Gasteiger partial charge in [-0.3, -0.25) is 9.59 Å². The van der Waals surface area contributed by atoms with Gasteiger partial charge in [-0.25, -0.2) is 4.98 Å². The zero-order valence-electron chi connectivity index (χ0n) is 12.3. The minimum Gasteiger partial charge on any atom is -0.465 e. The normalized spacial score (nSPS) is 25.5. The number of carbonyl (C=O) groups is 1. The lowest BCUT2D eigenvalue weighted by Gasteiger charge is -2.38. The molecule has 1 aromatic heterocycles. The number of ether oxygens (including phenoxy) is 1. The summed E-state index contributed by atoms with van der Waals surface area (Å²) in [4.78, 5) is 30.4. The standard InChI is InChI=1S/C14H21N3O3S/c1-3-20-12(19)14(15-2)7-4-5-10(9-14)21-13-16-8-6-11(18)17-13/h6,8,10,15H,3-5,7,9H2,1-2H3,(H,16,17,18). The second-order valence-corrected chi connectivity index (χ2v) is 6.42. The van der Waals surface area contributed by atoms with Gasteiger partial charge in [0.1, 0.15) is 5.54 Å². The molecule has 0 aliphatic heterocycles. The van der Waals surface area contributed by atoms with E-state index in [9.17, 15) is 9.59 Å². The first-order valence-electron chi connectivity index (χ1n) is 7.18. The summed E-state index contributed by atoms with van der Waals surface area (Å²) < 4.78 is 5.21. The first-order valence-corrected chi connectivity index (χ1v) is 8.06. The van der Waals surface area contributed by atoms with Crippen molar-refractivity contribution in [2.24, 2.45) is 0 Å². The van der Waals surface area contributed by atoms with Crippen LogP contribution in [0.2, 0.25) is 0 Å². The lowest BCUT2D eigenvalue weighted by atomic mass is 9.81. The van der Waals surface area contributed by atoms with E-state index >= 15 is 0 Å². The number of thioether (sulfide) groups is 1. The van der Waals surface area contributed by atoms with E-state index < -0.39 is 5.54 Å². The van der Waals surface area contributed by atoms with Crippen LogP contribution in [0, 0.1) is 0 Å². The monoisotopic (exact) mass is 311 g/mol. The Morgan fingerprint density at radius 3 is 3.14 bits per heavy atom. The number of carbonyl (C=O) groups excluding carboxylic acids is 1. The van der Waals surface area contributed by atoms with Crippen LogP contribution in [0.1, 0.15) is 32.6 Å². The second-order valence-electron chi connectivity index (χ2n) is 5.13. The number of H-pyrrole nitrogens is 1. The third-order valence-corrected chi connectivity index (χ3v) is 4.94. The topological polar surface area (TPSA) is 84.1 Å². The molecule has 116 valence electrons. The van der Waals surface area contributed by atoms with Crippen molar-refractivity contribution in [3.05, 3.63) is 22.6 Å². The van der Waals surface area contributed by atoms with Crippen molar-refractivity contribution in [2.45, 2.75) is 48.6 Å². The van der Waals surface area contributed by atoms with Gasteiger partial charge in [-0.2, -0.15) is 0 Å². The molecular weight excluding hydrogens is 290 g/mol. The Kier molecular flexibility index (Phi) is 5.41. The lowest BCUT2D eigenvalue weighted by molar-refractivity contribution is -0.152. The molecule has 1 heterocycles. The molecule has 2 atom stereocenters. The predicted molar refractivity (Wildman–Crippen MR) is 81.4 cm³/mol. The third-order valence-electron chi connectivity index (χ3n) is 3.78. The summed E-state index contributed by atoms with van der Waals surface area (Å²) in [7, 11) is 1.80. The summed E-state index contributed by atoms with van der Waals surface area (Å²) in [5, 5.41) is 3.97. The SMILES string of the molecule is CCOC(=O)C1(NC)CCCC(Sc2nccc(=O)[nH]2)C1. The molecule has 21 heavy (non-hydrogen) atoms. The van der Waals surface area contributed by atoms with Gasteiger partial charge in [-0.1, -0.05) is 11.8 Å². The Hall–Kier alpha value is -1.34. The van der Waals surface area contributed by atoms with Crippen LogP contribution in [0.25, 0.3) is 0 Å². The van der Waals surface area contributed by atoms with Crippen LogP contribution in [0.15, 0.2) is 22.2 Å².